The molecular weight excluding hydrogens is 348 g/mol. The monoisotopic (exact) mass is 392 g/mol. The molecule has 3 heteroatoms. The molecule has 1 rings (SSSR count). The third-order valence-corrected chi connectivity index (χ3v) is 5.83. The molecule has 0 heterocycles. The van der Waals surface area contributed by atoms with Crippen molar-refractivity contribution in [1.82, 2.24) is 0 Å². The third kappa shape index (κ3) is 11.8. The lowest BCUT2D eigenvalue weighted by molar-refractivity contribution is -0.137. The fourth-order valence-corrected chi connectivity index (χ4v) is 3.92. The van der Waals surface area contributed by atoms with Gasteiger partial charge in [-0.1, -0.05) is 102 Å². The van der Waals surface area contributed by atoms with Gasteiger partial charge in [0.1, 0.15) is 5.60 Å². The summed E-state index contributed by atoms with van der Waals surface area (Å²) >= 11 is 0. The van der Waals surface area contributed by atoms with Crippen LogP contribution in [0, 0.1) is 0 Å². The van der Waals surface area contributed by atoms with E-state index in [4.69, 9.17) is 0 Å². The van der Waals surface area contributed by atoms with Crippen molar-refractivity contribution in [3.8, 4) is 0 Å². The van der Waals surface area contributed by atoms with Crippen LogP contribution < -0.4 is 0 Å². The van der Waals surface area contributed by atoms with Crippen molar-refractivity contribution in [2.24, 2.45) is 0 Å². The second-order valence-electron chi connectivity index (χ2n) is 8.57. The lowest BCUT2D eigenvalue weighted by atomic mass is 9.82. The number of hydrogen-bond acceptors (Lipinski definition) is 3. The van der Waals surface area contributed by atoms with Crippen molar-refractivity contribution in [1.29, 1.82) is 0 Å². The van der Waals surface area contributed by atoms with Gasteiger partial charge >= 0.3 is 0 Å². The standard InChI is InChI=1S/C25H44O3/c1-2-3-4-5-6-7-8-9-10-11-12-13-14-15-16-17-18-21-25(28)22-23(26)19-20-24(25)27/h5-6,19-20,23,26,28H,2-4,7-18,21-22H2,1H3. The molecule has 2 unspecified atom stereocenters. The van der Waals surface area contributed by atoms with Gasteiger partial charge in [0.05, 0.1) is 6.10 Å². The van der Waals surface area contributed by atoms with Crippen LogP contribution in [0.3, 0.4) is 0 Å². The van der Waals surface area contributed by atoms with Crippen LogP contribution in [0.25, 0.3) is 0 Å². The number of rotatable bonds is 17. The Morgan fingerprint density at radius 2 is 1.39 bits per heavy atom. The van der Waals surface area contributed by atoms with Gasteiger partial charge in [-0.3, -0.25) is 4.79 Å². The Balaban J connectivity index is 1.84. The summed E-state index contributed by atoms with van der Waals surface area (Å²) in [7, 11) is 0. The number of allylic oxidation sites excluding steroid dienone is 2. The van der Waals surface area contributed by atoms with Gasteiger partial charge in [-0.05, 0) is 31.8 Å². The minimum atomic E-state index is -1.33. The number of hydrogen-bond donors (Lipinski definition) is 2. The zero-order chi connectivity index (χ0) is 20.5. The maximum atomic E-state index is 11.8. The maximum Gasteiger partial charge on any atom is 0.187 e. The molecule has 0 bridgehead atoms. The molecule has 0 aromatic rings. The molecule has 0 saturated heterocycles. The normalized spacial score (nSPS) is 22.4. The van der Waals surface area contributed by atoms with Crippen molar-refractivity contribution in [2.45, 2.75) is 128 Å². The number of aliphatic hydroxyl groups excluding tert-OH is 1. The van der Waals surface area contributed by atoms with Crippen molar-refractivity contribution in [3.05, 3.63) is 24.3 Å². The van der Waals surface area contributed by atoms with Gasteiger partial charge in [0.2, 0.25) is 0 Å². The van der Waals surface area contributed by atoms with Gasteiger partial charge in [-0.2, -0.15) is 0 Å². The van der Waals surface area contributed by atoms with E-state index in [1.165, 1.54) is 95.6 Å². The lowest BCUT2D eigenvalue weighted by Gasteiger charge is -2.29. The molecule has 0 aromatic carbocycles. The average molecular weight is 393 g/mol. The zero-order valence-electron chi connectivity index (χ0n) is 18.2. The topological polar surface area (TPSA) is 57.5 Å². The highest BCUT2D eigenvalue weighted by atomic mass is 16.3. The van der Waals surface area contributed by atoms with Gasteiger partial charge in [0.15, 0.2) is 5.78 Å². The largest absolute Gasteiger partial charge is 0.389 e. The van der Waals surface area contributed by atoms with Crippen LogP contribution in [-0.4, -0.2) is 27.7 Å². The summed E-state index contributed by atoms with van der Waals surface area (Å²) in [5, 5.41) is 20.0. The van der Waals surface area contributed by atoms with Crippen molar-refractivity contribution in [3.63, 3.8) is 0 Å². The number of unbranched alkanes of at least 4 members (excludes halogenated alkanes) is 13. The van der Waals surface area contributed by atoms with Gasteiger partial charge in [-0.25, -0.2) is 0 Å². The highest BCUT2D eigenvalue weighted by Crippen LogP contribution is 2.27. The first kappa shape index (κ1) is 25.1. The van der Waals surface area contributed by atoms with Crippen LogP contribution in [0.4, 0.5) is 0 Å². The molecule has 0 spiro atoms. The average Bonchev–Trinajstić information content (AvgIpc) is 2.67. The summed E-state index contributed by atoms with van der Waals surface area (Å²) in [5.41, 5.74) is -1.33. The molecule has 1 aliphatic carbocycles. The molecule has 3 nitrogen and oxygen atoms in total. The van der Waals surface area contributed by atoms with Crippen LogP contribution in [0.2, 0.25) is 0 Å². The summed E-state index contributed by atoms with van der Waals surface area (Å²) in [6, 6.07) is 0. The Kier molecular flexibility index (Phi) is 14.3. The summed E-state index contributed by atoms with van der Waals surface area (Å²) in [6.07, 6.45) is 26.3. The molecule has 0 amide bonds. The highest BCUT2D eigenvalue weighted by molar-refractivity contribution is 5.97. The Morgan fingerprint density at radius 1 is 0.893 bits per heavy atom. The number of ketones is 1. The molecular formula is C25H44O3. The van der Waals surface area contributed by atoms with E-state index in [-0.39, 0.29) is 12.2 Å². The molecule has 0 aromatic heterocycles. The van der Waals surface area contributed by atoms with Crippen molar-refractivity contribution in [2.75, 3.05) is 0 Å². The first-order chi connectivity index (χ1) is 13.6. The Labute approximate surface area is 173 Å². The Bertz CT molecular complexity index is 455. The highest BCUT2D eigenvalue weighted by Gasteiger charge is 2.37. The van der Waals surface area contributed by atoms with Crippen LogP contribution >= 0.6 is 0 Å². The number of carbonyl (C=O) groups is 1. The fourth-order valence-electron chi connectivity index (χ4n) is 3.92. The van der Waals surface area contributed by atoms with Crippen molar-refractivity contribution >= 4 is 5.78 Å². The van der Waals surface area contributed by atoms with Gasteiger partial charge in [0, 0.05) is 6.42 Å². The molecule has 0 fully saturated rings. The molecule has 2 N–H and O–H groups in total. The number of carbonyl (C=O) groups excluding carboxylic acids is 1. The van der Waals surface area contributed by atoms with Crippen LogP contribution in [0.15, 0.2) is 24.3 Å². The summed E-state index contributed by atoms with van der Waals surface area (Å²) in [6.45, 7) is 2.24. The van der Waals surface area contributed by atoms with E-state index in [0.29, 0.717) is 6.42 Å². The second kappa shape index (κ2) is 15.9. The van der Waals surface area contributed by atoms with E-state index in [0.717, 1.165) is 12.8 Å². The third-order valence-electron chi connectivity index (χ3n) is 5.83. The van der Waals surface area contributed by atoms with Crippen LogP contribution in [0.1, 0.15) is 116 Å². The molecule has 0 radical (unpaired) electrons. The fraction of sp³-hybridized carbons (Fsp3) is 0.800. The maximum absolute atomic E-state index is 11.8. The van der Waals surface area contributed by atoms with Crippen LogP contribution in [0.5, 0.6) is 0 Å². The quantitative estimate of drug-likeness (QED) is 0.222. The predicted octanol–water partition coefficient (Wildman–Crippen LogP) is 6.43. The Morgan fingerprint density at radius 3 is 1.96 bits per heavy atom. The first-order valence-electron chi connectivity index (χ1n) is 11.9. The summed E-state index contributed by atoms with van der Waals surface area (Å²) in [4.78, 5) is 11.8. The number of aliphatic hydroxyl groups is 2. The van der Waals surface area contributed by atoms with Gasteiger partial charge in [-0.15, -0.1) is 0 Å². The lowest BCUT2D eigenvalue weighted by Crippen LogP contribution is -2.43. The molecule has 1 aliphatic rings. The first-order valence-corrected chi connectivity index (χ1v) is 11.9. The van der Waals surface area contributed by atoms with E-state index in [9.17, 15) is 15.0 Å². The van der Waals surface area contributed by atoms with Gasteiger partial charge < -0.3 is 10.2 Å². The predicted molar refractivity (Wildman–Crippen MR) is 118 cm³/mol. The van der Waals surface area contributed by atoms with E-state index in [1.807, 2.05) is 0 Å². The summed E-state index contributed by atoms with van der Waals surface area (Å²) < 4.78 is 0. The minimum absolute atomic E-state index is 0.150. The molecule has 28 heavy (non-hydrogen) atoms. The van der Waals surface area contributed by atoms with E-state index >= 15 is 0 Å². The minimum Gasteiger partial charge on any atom is -0.389 e. The summed E-state index contributed by atoms with van der Waals surface area (Å²) in [5.74, 6) is -0.245. The molecule has 2 atom stereocenters. The van der Waals surface area contributed by atoms with Crippen molar-refractivity contribution < 1.29 is 15.0 Å². The second-order valence-corrected chi connectivity index (χ2v) is 8.57. The van der Waals surface area contributed by atoms with E-state index < -0.39 is 11.7 Å². The molecule has 162 valence electrons. The van der Waals surface area contributed by atoms with Crippen LogP contribution in [-0.2, 0) is 4.79 Å². The van der Waals surface area contributed by atoms with E-state index in [1.54, 1.807) is 0 Å². The Hall–Kier alpha value is -0.930. The SMILES string of the molecule is CCCCC=CCCCCCCCCCCCCCC1(O)CC(O)C=CC1=O. The van der Waals surface area contributed by atoms with E-state index in [2.05, 4.69) is 19.1 Å². The zero-order valence-corrected chi connectivity index (χ0v) is 18.2. The smallest absolute Gasteiger partial charge is 0.187 e. The molecule has 0 aliphatic heterocycles. The van der Waals surface area contributed by atoms with Gasteiger partial charge in [0.25, 0.3) is 0 Å². The molecule has 0 saturated carbocycles.